The van der Waals surface area contributed by atoms with Gasteiger partial charge in [-0.05, 0) is 30.2 Å². The summed E-state index contributed by atoms with van der Waals surface area (Å²) in [4.78, 5) is 17.0. The lowest BCUT2D eigenvalue weighted by molar-refractivity contribution is -0.120. The number of rotatable bonds is 3. The fourth-order valence-electron chi connectivity index (χ4n) is 2.80. The molecule has 2 N–H and O–H groups in total. The quantitative estimate of drug-likeness (QED) is 0.845. The van der Waals surface area contributed by atoms with E-state index in [2.05, 4.69) is 4.90 Å². The molecule has 3 rings (SSSR count). The van der Waals surface area contributed by atoms with Crippen LogP contribution in [0.15, 0.2) is 23.1 Å². The van der Waals surface area contributed by atoms with E-state index in [0.717, 1.165) is 30.8 Å². The molecule has 0 radical (unpaired) electrons. The van der Waals surface area contributed by atoms with Gasteiger partial charge in [-0.15, -0.1) is 0 Å². The van der Waals surface area contributed by atoms with Gasteiger partial charge in [0, 0.05) is 25.3 Å². The number of hydrogen-bond donors (Lipinski definition) is 1. The molecule has 114 valence electrons. The predicted octanol–water partition coefficient (Wildman–Crippen LogP) is -0.111. The maximum Gasteiger partial charge on any atom is 0.241 e. The lowest BCUT2D eigenvalue weighted by Crippen LogP contribution is -2.44. The van der Waals surface area contributed by atoms with E-state index in [9.17, 15) is 9.00 Å². The fourth-order valence-corrected chi connectivity index (χ4v) is 3.26. The fraction of sp³-hybridized carbons (Fsp3) is 0.500. The number of amides is 1. The number of carbonyl (C=O) groups excluding carboxylic acids is 1. The van der Waals surface area contributed by atoms with Gasteiger partial charge in [0.1, 0.15) is 11.0 Å². The Bertz CT molecular complexity index is 573. The van der Waals surface area contributed by atoms with Gasteiger partial charge in [0.2, 0.25) is 5.91 Å². The zero-order valence-electron chi connectivity index (χ0n) is 11.8. The van der Waals surface area contributed by atoms with Crippen LogP contribution >= 0.6 is 0 Å². The smallest absolute Gasteiger partial charge is 0.241 e. The summed E-state index contributed by atoms with van der Waals surface area (Å²) < 4.78 is 16.6. The molecule has 1 amide bonds. The summed E-state index contributed by atoms with van der Waals surface area (Å²) in [5, 5.41) is 5.40. The molecule has 7 heteroatoms. The van der Waals surface area contributed by atoms with Crippen LogP contribution in [0.5, 0.6) is 0 Å². The summed E-state index contributed by atoms with van der Waals surface area (Å²) in [5.74, 6) is 0.109. The third-order valence-corrected chi connectivity index (χ3v) is 4.66. The van der Waals surface area contributed by atoms with Crippen LogP contribution < -0.4 is 10.0 Å². The molecule has 1 fully saturated rings. The van der Waals surface area contributed by atoms with Crippen LogP contribution in [0.3, 0.4) is 0 Å². The Labute approximate surface area is 126 Å². The molecule has 0 spiro atoms. The van der Waals surface area contributed by atoms with Crippen molar-refractivity contribution < 1.29 is 13.7 Å². The van der Waals surface area contributed by atoms with Gasteiger partial charge in [-0.3, -0.25) is 9.69 Å². The minimum Gasteiger partial charge on any atom is -0.379 e. The van der Waals surface area contributed by atoms with Crippen molar-refractivity contribution >= 4 is 22.6 Å². The Balaban J connectivity index is 1.71. The Morgan fingerprint density at radius 2 is 2.05 bits per heavy atom. The van der Waals surface area contributed by atoms with Crippen LogP contribution in [0, 0.1) is 0 Å². The van der Waals surface area contributed by atoms with Gasteiger partial charge in [-0.2, -0.15) is 0 Å². The summed E-state index contributed by atoms with van der Waals surface area (Å²) in [7, 11) is -1.47. The van der Waals surface area contributed by atoms with Crippen LogP contribution in [0.25, 0.3) is 0 Å². The Morgan fingerprint density at radius 3 is 2.76 bits per heavy atom. The molecule has 0 bridgehead atoms. The van der Waals surface area contributed by atoms with Crippen LogP contribution in [-0.2, 0) is 26.9 Å². The molecular weight excluding hydrogens is 290 g/mol. The van der Waals surface area contributed by atoms with Gasteiger partial charge >= 0.3 is 0 Å². The highest BCUT2D eigenvalue weighted by Gasteiger charge is 2.26. The molecule has 0 aromatic heterocycles. The second-order valence-electron chi connectivity index (χ2n) is 5.27. The zero-order chi connectivity index (χ0) is 14.8. The molecule has 1 unspecified atom stereocenters. The predicted molar refractivity (Wildman–Crippen MR) is 80.4 cm³/mol. The number of anilines is 1. The molecule has 1 saturated heterocycles. The van der Waals surface area contributed by atoms with E-state index in [1.807, 2.05) is 17.0 Å². The third-order valence-electron chi connectivity index (χ3n) is 3.94. The summed E-state index contributed by atoms with van der Waals surface area (Å²) >= 11 is 0. The lowest BCUT2D eigenvalue weighted by atomic mass is 10.2. The minimum atomic E-state index is -1.47. The number of morpholine rings is 1. The van der Waals surface area contributed by atoms with Gasteiger partial charge in [0.25, 0.3) is 0 Å². The van der Waals surface area contributed by atoms with Crippen molar-refractivity contribution in [2.75, 3.05) is 44.3 Å². The van der Waals surface area contributed by atoms with E-state index in [1.54, 1.807) is 6.07 Å². The maximum absolute atomic E-state index is 12.5. The maximum atomic E-state index is 12.5. The van der Waals surface area contributed by atoms with E-state index in [-0.39, 0.29) is 5.91 Å². The number of fused-ring (bicyclic) bond motifs is 1. The SMILES string of the molecule is NS(=O)c1ccc2c(c1)CCN2C(=O)CN1CCOCC1. The zero-order valence-corrected chi connectivity index (χ0v) is 12.6. The highest BCUT2D eigenvalue weighted by molar-refractivity contribution is 7.82. The van der Waals surface area contributed by atoms with Crippen molar-refractivity contribution in [3.63, 3.8) is 0 Å². The number of benzene rings is 1. The van der Waals surface area contributed by atoms with Crippen molar-refractivity contribution in [1.82, 2.24) is 4.90 Å². The highest BCUT2D eigenvalue weighted by Crippen LogP contribution is 2.29. The molecule has 1 aromatic carbocycles. The van der Waals surface area contributed by atoms with Gasteiger partial charge in [0.05, 0.1) is 24.7 Å². The van der Waals surface area contributed by atoms with Crippen molar-refractivity contribution in [3.8, 4) is 0 Å². The van der Waals surface area contributed by atoms with Gasteiger partial charge in [-0.25, -0.2) is 9.35 Å². The van der Waals surface area contributed by atoms with Crippen LogP contribution in [0.1, 0.15) is 5.56 Å². The van der Waals surface area contributed by atoms with Crippen LogP contribution in [-0.4, -0.2) is 54.4 Å². The standard InChI is InChI=1S/C14H19N3O3S/c15-21(19)12-1-2-13-11(9-12)3-4-17(13)14(18)10-16-5-7-20-8-6-16/h1-2,9H,3-8,10,15H2. The molecule has 21 heavy (non-hydrogen) atoms. The third kappa shape index (κ3) is 3.16. The second-order valence-corrected chi connectivity index (χ2v) is 6.34. The van der Waals surface area contributed by atoms with E-state index < -0.39 is 11.0 Å². The molecule has 1 aromatic rings. The average molecular weight is 309 g/mol. The van der Waals surface area contributed by atoms with Crippen molar-refractivity contribution in [2.45, 2.75) is 11.3 Å². The molecule has 2 heterocycles. The first-order chi connectivity index (χ1) is 10.1. The number of nitrogens with two attached hydrogens (primary N) is 1. The number of hydrogen-bond acceptors (Lipinski definition) is 4. The summed E-state index contributed by atoms with van der Waals surface area (Å²) in [6.45, 7) is 4.09. The monoisotopic (exact) mass is 309 g/mol. The number of carbonyl (C=O) groups is 1. The first-order valence-electron chi connectivity index (χ1n) is 7.05. The molecule has 0 saturated carbocycles. The first kappa shape index (κ1) is 14.6. The van der Waals surface area contributed by atoms with Gasteiger partial charge in [-0.1, -0.05) is 0 Å². The highest BCUT2D eigenvalue weighted by atomic mass is 32.2. The molecule has 6 nitrogen and oxygen atoms in total. The Hall–Kier alpha value is -1.28. The van der Waals surface area contributed by atoms with Crippen LogP contribution in [0.4, 0.5) is 5.69 Å². The van der Waals surface area contributed by atoms with Gasteiger partial charge < -0.3 is 9.64 Å². The Kier molecular flexibility index (Phi) is 4.34. The average Bonchev–Trinajstić information content (AvgIpc) is 2.91. The largest absolute Gasteiger partial charge is 0.379 e. The lowest BCUT2D eigenvalue weighted by Gasteiger charge is -2.28. The molecule has 0 aliphatic carbocycles. The molecule has 1 atom stereocenters. The van der Waals surface area contributed by atoms with E-state index >= 15 is 0 Å². The number of nitrogens with zero attached hydrogens (tertiary/aromatic N) is 2. The number of ether oxygens (including phenoxy) is 1. The molecule has 2 aliphatic rings. The molecular formula is C14H19N3O3S. The van der Waals surface area contributed by atoms with E-state index in [1.165, 1.54) is 0 Å². The first-order valence-corrected chi connectivity index (χ1v) is 8.26. The summed E-state index contributed by atoms with van der Waals surface area (Å²) in [6.07, 6.45) is 0.787. The molecule has 2 aliphatic heterocycles. The van der Waals surface area contributed by atoms with E-state index in [0.29, 0.717) is 31.2 Å². The van der Waals surface area contributed by atoms with Crippen molar-refractivity contribution in [2.24, 2.45) is 5.14 Å². The second kappa shape index (κ2) is 6.23. The van der Waals surface area contributed by atoms with Crippen LogP contribution in [0.2, 0.25) is 0 Å². The Morgan fingerprint density at radius 1 is 1.29 bits per heavy atom. The summed E-state index contributed by atoms with van der Waals surface area (Å²) in [6, 6.07) is 5.42. The van der Waals surface area contributed by atoms with Gasteiger partial charge in [0.15, 0.2) is 0 Å². The minimum absolute atomic E-state index is 0.109. The summed E-state index contributed by atoms with van der Waals surface area (Å²) in [5.41, 5.74) is 1.96. The van der Waals surface area contributed by atoms with Crippen molar-refractivity contribution in [3.05, 3.63) is 23.8 Å². The van der Waals surface area contributed by atoms with E-state index in [4.69, 9.17) is 9.88 Å². The van der Waals surface area contributed by atoms with Crippen molar-refractivity contribution in [1.29, 1.82) is 0 Å². The normalized spacial score (nSPS) is 20.3. The topological polar surface area (TPSA) is 75.9 Å².